The van der Waals surface area contributed by atoms with Crippen LogP contribution in [0.25, 0.3) is 55.3 Å². The van der Waals surface area contributed by atoms with E-state index in [1.807, 2.05) is 0 Å². The Morgan fingerprint density at radius 2 is 0.922 bits per heavy atom. The molecule has 1 aliphatic carbocycles. The van der Waals surface area contributed by atoms with Crippen molar-refractivity contribution in [2.24, 2.45) is 0 Å². The zero-order valence-corrected chi connectivity index (χ0v) is 29.3. The predicted octanol–water partition coefficient (Wildman–Crippen LogP) is 13.9. The van der Waals surface area contributed by atoms with Crippen LogP contribution in [-0.2, 0) is 5.41 Å². The molecule has 51 heavy (non-hydrogen) atoms. The lowest BCUT2D eigenvalue weighted by molar-refractivity contribution is 0.660. The third-order valence-electron chi connectivity index (χ3n) is 10.7. The second kappa shape index (κ2) is 12.3. The molecule has 0 heterocycles. The Kier molecular flexibility index (Phi) is 7.44. The summed E-state index contributed by atoms with van der Waals surface area (Å²) >= 11 is 0. The molecule has 8 aromatic rings. The van der Waals surface area contributed by atoms with Crippen molar-refractivity contribution in [2.75, 3.05) is 4.90 Å². The van der Waals surface area contributed by atoms with Crippen LogP contribution in [0.2, 0.25) is 0 Å². The van der Waals surface area contributed by atoms with E-state index in [0.29, 0.717) is 0 Å². The van der Waals surface area contributed by atoms with Crippen molar-refractivity contribution >= 4 is 27.8 Å². The van der Waals surface area contributed by atoms with Gasteiger partial charge in [0.1, 0.15) is 0 Å². The second-order valence-corrected chi connectivity index (χ2v) is 14.3. The van der Waals surface area contributed by atoms with E-state index in [4.69, 9.17) is 0 Å². The number of fused-ring (bicyclic) bond motifs is 4. The summed E-state index contributed by atoms with van der Waals surface area (Å²) in [5, 5.41) is 2.53. The van der Waals surface area contributed by atoms with Gasteiger partial charge in [-0.25, -0.2) is 0 Å². The van der Waals surface area contributed by atoms with Crippen LogP contribution in [0.1, 0.15) is 30.5 Å². The fourth-order valence-electron chi connectivity index (χ4n) is 8.01. The van der Waals surface area contributed by atoms with Crippen LogP contribution in [0.5, 0.6) is 0 Å². The van der Waals surface area contributed by atoms with Gasteiger partial charge in [-0.05, 0) is 121 Å². The highest BCUT2D eigenvalue weighted by Crippen LogP contribution is 2.51. The molecule has 0 saturated heterocycles. The van der Waals surface area contributed by atoms with Gasteiger partial charge in [-0.15, -0.1) is 0 Å². The molecule has 0 spiro atoms. The largest absolute Gasteiger partial charge is 0.310 e. The molecule has 9 rings (SSSR count). The maximum absolute atomic E-state index is 2.42. The van der Waals surface area contributed by atoms with Gasteiger partial charge in [-0.1, -0.05) is 153 Å². The van der Waals surface area contributed by atoms with Crippen molar-refractivity contribution in [3.8, 4) is 44.5 Å². The third-order valence-corrected chi connectivity index (χ3v) is 10.7. The van der Waals surface area contributed by atoms with Gasteiger partial charge in [-0.3, -0.25) is 0 Å². The topological polar surface area (TPSA) is 3.24 Å². The van der Waals surface area contributed by atoms with Gasteiger partial charge in [0.2, 0.25) is 0 Å². The van der Waals surface area contributed by atoms with Crippen LogP contribution >= 0.6 is 0 Å². The second-order valence-electron chi connectivity index (χ2n) is 14.3. The van der Waals surface area contributed by atoms with Crippen molar-refractivity contribution in [1.29, 1.82) is 0 Å². The van der Waals surface area contributed by atoms with Gasteiger partial charge in [0, 0.05) is 22.5 Å². The van der Waals surface area contributed by atoms with Gasteiger partial charge >= 0.3 is 0 Å². The molecule has 0 saturated carbocycles. The first-order valence-electron chi connectivity index (χ1n) is 17.8. The van der Waals surface area contributed by atoms with Crippen LogP contribution in [-0.4, -0.2) is 0 Å². The molecular formula is C50H39N. The molecule has 0 atom stereocenters. The first-order valence-corrected chi connectivity index (χ1v) is 17.8. The number of anilines is 3. The highest BCUT2D eigenvalue weighted by atomic mass is 15.1. The zero-order chi connectivity index (χ0) is 34.5. The van der Waals surface area contributed by atoms with Crippen molar-refractivity contribution in [2.45, 2.75) is 26.2 Å². The van der Waals surface area contributed by atoms with Gasteiger partial charge in [0.25, 0.3) is 0 Å². The van der Waals surface area contributed by atoms with E-state index in [-0.39, 0.29) is 5.41 Å². The van der Waals surface area contributed by atoms with E-state index in [0.717, 1.165) is 17.1 Å². The Morgan fingerprint density at radius 3 is 1.69 bits per heavy atom. The van der Waals surface area contributed by atoms with Crippen LogP contribution in [0.4, 0.5) is 17.1 Å². The summed E-state index contributed by atoms with van der Waals surface area (Å²) in [6.45, 7) is 6.92. The Hall–Kier alpha value is -6.18. The van der Waals surface area contributed by atoms with E-state index in [1.54, 1.807) is 0 Å². The molecule has 244 valence electrons. The first-order chi connectivity index (χ1) is 24.9. The summed E-state index contributed by atoms with van der Waals surface area (Å²) in [5.41, 5.74) is 17.4. The summed E-state index contributed by atoms with van der Waals surface area (Å²) in [6, 6.07) is 66.7. The average molecular weight is 654 g/mol. The van der Waals surface area contributed by atoms with Crippen molar-refractivity contribution < 1.29 is 0 Å². The van der Waals surface area contributed by atoms with Crippen LogP contribution < -0.4 is 4.90 Å². The van der Waals surface area contributed by atoms with E-state index >= 15 is 0 Å². The third kappa shape index (κ3) is 5.43. The fraction of sp³-hybridized carbons (Fsp3) is 0.0800. The number of nitrogens with zero attached hydrogens (tertiary/aromatic N) is 1. The molecule has 0 fully saturated rings. The van der Waals surface area contributed by atoms with Gasteiger partial charge in [-0.2, -0.15) is 0 Å². The summed E-state index contributed by atoms with van der Waals surface area (Å²) in [7, 11) is 0. The Bertz CT molecular complexity index is 2540. The number of benzene rings is 8. The van der Waals surface area contributed by atoms with Crippen molar-refractivity contribution in [3.63, 3.8) is 0 Å². The smallest absolute Gasteiger partial charge is 0.0465 e. The lowest BCUT2D eigenvalue weighted by Crippen LogP contribution is -2.16. The minimum atomic E-state index is -0.156. The van der Waals surface area contributed by atoms with Crippen LogP contribution in [0.15, 0.2) is 182 Å². The average Bonchev–Trinajstić information content (AvgIpc) is 3.40. The predicted molar refractivity (Wildman–Crippen MR) is 217 cm³/mol. The Labute approximate surface area is 301 Å². The molecule has 8 aromatic carbocycles. The minimum absolute atomic E-state index is 0.156. The summed E-state index contributed by atoms with van der Waals surface area (Å²) in [6.07, 6.45) is 0. The number of aryl methyl sites for hydroxylation is 1. The molecule has 0 aromatic heterocycles. The molecule has 1 aliphatic rings. The minimum Gasteiger partial charge on any atom is -0.310 e. The summed E-state index contributed by atoms with van der Waals surface area (Å²) in [5.74, 6) is 0. The van der Waals surface area contributed by atoms with Crippen LogP contribution in [0.3, 0.4) is 0 Å². The van der Waals surface area contributed by atoms with Gasteiger partial charge in [0.15, 0.2) is 0 Å². The van der Waals surface area contributed by atoms with Crippen molar-refractivity contribution in [3.05, 3.63) is 199 Å². The monoisotopic (exact) mass is 653 g/mol. The normalized spacial score (nSPS) is 12.8. The van der Waals surface area contributed by atoms with Gasteiger partial charge in [0.05, 0.1) is 0 Å². The van der Waals surface area contributed by atoms with Crippen LogP contribution in [0, 0.1) is 6.92 Å². The van der Waals surface area contributed by atoms with Gasteiger partial charge < -0.3 is 4.90 Å². The maximum atomic E-state index is 2.42. The van der Waals surface area contributed by atoms with E-state index in [9.17, 15) is 0 Å². The molecule has 0 unspecified atom stereocenters. The SMILES string of the molecule is Cc1cccc(N(c2ccc(-c3cccc4ccccc34)cc2)c2ccc3c(c2)C(C)(C)c2cc(-c4ccc(-c5ccccc5)cc4)ccc2-3)c1. The van der Waals surface area contributed by atoms with E-state index < -0.39 is 0 Å². The number of hydrogen-bond acceptors (Lipinski definition) is 1. The van der Waals surface area contributed by atoms with Crippen molar-refractivity contribution in [1.82, 2.24) is 0 Å². The molecule has 0 radical (unpaired) electrons. The number of rotatable bonds is 6. The molecule has 0 N–H and O–H groups in total. The summed E-state index contributed by atoms with van der Waals surface area (Å²) in [4.78, 5) is 2.40. The number of hydrogen-bond donors (Lipinski definition) is 0. The zero-order valence-electron chi connectivity index (χ0n) is 29.3. The Balaban J connectivity index is 1.09. The quantitative estimate of drug-likeness (QED) is 0.173. The molecular weight excluding hydrogens is 615 g/mol. The highest BCUT2D eigenvalue weighted by Gasteiger charge is 2.36. The first kappa shape index (κ1) is 30.8. The van der Waals surface area contributed by atoms with E-state index in [2.05, 4.69) is 208 Å². The lowest BCUT2D eigenvalue weighted by Gasteiger charge is -2.28. The Morgan fingerprint density at radius 1 is 0.373 bits per heavy atom. The lowest BCUT2D eigenvalue weighted by atomic mass is 9.81. The standard InChI is InChI=1S/C50H39N/c1-34-11-9-16-42(31-34)51(41-26-23-39(24-27-41)45-18-10-15-38-14-7-8-17-44(38)45)43-28-30-47-46-29-25-40(32-48(46)50(2,3)49(47)33-43)37-21-19-36(20-22-37)35-12-5-4-6-13-35/h4-33H,1-3H3. The highest BCUT2D eigenvalue weighted by molar-refractivity contribution is 5.97. The maximum Gasteiger partial charge on any atom is 0.0465 e. The molecule has 1 heteroatoms. The molecule has 1 nitrogen and oxygen atoms in total. The summed E-state index contributed by atoms with van der Waals surface area (Å²) < 4.78 is 0. The molecule has 0 amide bonds. The fourth-order valence-corrected chi connectivity index (χ4v) is 8.01. The molecule has 0 aliphatic heterocycles. The van der Waals surface area contributed by atoms with E-state index in [1.165, 1.54) is 72.0 Å². The molecule has 0 bridgehead atoms.